The zero-order valence-electron chi connectivity index (χ0n) is 12.8. The van der Waals surface area contributed by atoms with E-state index in [0.717, 1.165) is 31.5 Å². The summed E-state index contributed by atoms with van der Waals surface area (Å²) in [5.74, 6) is 0.365. The second-order valence-corrected chi connectivity index (χ2v) is 6.38. The van der Waals surface area contributed by atoms with Crippen molar-refractivity contribution in [2.45, 2.75) is 45.6 Å². The molecule has 2 rings (SSSR count). The van der Waals surface area contributed by atoms with Gasteiger partial charge < -0.3 is 10.1 Å². The number of carbonyl (C=O) groups is 1. The highest BCUT2D eigenvalue weighted by molar-refractivity contribution is 5.73. The molecule has 3 nitrogen and oxygen atoms in total. The lowest BCUT2D eigenvalue weighted by Gasteiger charge is -2.35. The van der Waals surface area contributed by atoms with Crippen molar-refractivity contribution in [1.82, 2.24) is 0 Å². The SMILES string of the molecule is Cc1cccc(CC(=O)OC(C)(C)C2CC[NH2+]CC2)c1. The molecular weight excluding hydrogens is 250 g/mol. The van der Waals surface area contributed by atoms with Gasteiger partial charge in [0, 0.05) is 18.8 Å². The summed E-state index contributed by atoms with van der Waals surface area (Å²) in [6, 6.07) is 8.05. The topological polar surface area (TPSA) is 42.9 Å². The Morgan fingerprint density at radius 1 is 1.35 bits per heavy atom. The largest absolute Gasteiger partial charge is 0.459 e. The fourth-order valence-corrected chi connectivity index (χ4v) is 3.02. The Kier molecular flexibility index (Phi) is 4.81. The van der Waals surface area contributed by atoms with Crippen molar-refractivity contribution in [1.29, 1.82) is 0 Å². The number of aryl methyl sites for hydroxylation is 1. The van der Waals surface area contributed by atoms with Crippen LogP contribution in [0.25, 0.3) is 0 Å². The second kappa shape index (κ2) is 6.40. The fraction of sp³-hybridized carbons (Fsp3) is 0.588. The van der Waals surface area contributed by atoms with Crippen LogP contribution in [0.2, 0.25) is 0 Å². The molecule has 1 heterocycles. The van der Waals surface area contributed by atoms with Crippen LogP contribution < -0.4 is 5.32 Å². The summed E-state index contributed by atoms with van der Waals surface area (Å²) >= 11 is 0. The Morgan fingerprint density at radius 2 is 2.05 bits per heavy atom. The molecule has 1 fully saturated rings. The monoisotopic (exact) mass is 276 g/mol. The number of rotatable bonds is 4. The van der Waals surface area contributed by atoms with Crippen LogP contribution in [0.3, 0.4) is 0 Å². The van der Waals surface area contributed by atoms with Crippen molar-refractivity contribution in [3.63, 3.8) is 0 Å². The summed E-state index contributed by atoms with van der Waals surface area (Å²) < 4.78 is 5.77. The number of benzene rings is 1. The zero-order valence-corrected chi connectivity index (χ0v) is 12.8. The van der Waals surface area contributed by atoms with Crippen LogP contribution in [0.15, 0.2) is 24.3 Å². The van der Waals surface area contributed by atoms with Crippen molar-refractivity contribution in [2.75, 3.05) is 13.1 Å². The van der Waals surface area contributed by atoms with Gasteiger partial charge in [-0.2, -0.15) is 0 Å². The van der Waals surface area contributed by atoms with Gasteiger partial charge in [0.25, 0.3) is 0 Å². The Labute approximate surface area is 121 Å². The van der Waals surface area contributed by atoms with Crippen LogP contribution in [-0.4, -0.2) is 24.7 Å². The highest BCUT2D eigenvalue weighted by atomic mass is 16.6. The van der Waals surface area contributed by atoms with E-state index in [1.807, 2.05) is 31.2 Å². The first-order valence-corrected chi connectivity index (χ1v) is 7.56. The summed E-state index contributed by atoms with van der Waals surface area (Å²) in [5.41, 5.74) is 1.86. The van der Waals surface area contributed by atoms with Gasteiger partial charge in [0.15, 0.2) is 0 Å². The minimum absolute atomic E-state index is 0.116. The first-order valence-electron chi connectivity index (χ1n) is 7.56. The van der Waals surface area contributed by atoms with Crippen LogP contribution in [0.4, 0.5) is 0 Å². The van der Waals surface area contributed by atoms with E-state index in [9.17, 15) is 4.79 Å². The first kappa shape index (κ1) is 15.0. The molecule has 0 saturated carbocycles. The van der Waals surface area contributed by atoms with E-state index in [1.165, 1.54) is 5.56 Å². The number of hydrogen-bond acceptors (Lipinski definition) is 2. The summed E-state index contributed by atoms with van der Waals surface area (Å²) in [6.07, 6.45) is 2.62. The van der Waals surface area contributed by atoms with Gasteiger partial charge in [-0.1, -0.05) is 29.8 Å². The van der Waals surface area contributed by atoms with Gasteiger partial charge in [0.2, 0.25) is 0 Å². The average molecular weight is 276 g/mol. The predicted molar refractivity (Wildman–Crippen MR) is 79.4 cm³/mol. The van der Waals surface area contributed by atoms with Crippen molar-refractivity contribution < 1.29 is 14.8 Å². The van der Waals surface area contributed by atoms with E-state index >= 15 is 0 Å². The third kappa shape index (κ3) is 4.07. The third-order valence-electron chi connectivity index (χ3n) is 4.23. The molecule has 0 radical (unpaired) electrons. The number of piperidine rings is 1. The zero-order chi connectivity index (χ0) is 14.6. The molecule has 1 aliphatic rings. The number of nitrogens with two attached hydrogens (primary N) is 1. The fourth-order valence-electron chi connectivity index (χ4n) is 3.02. The maximum atomic E-state index is 12.2. The molecule has 0 amide bonds. The van der Waals surface area contributed by atoms with E-state index in [0.29, 0.717) is 12.3 Å². The summed E-state index contributed by atoms with van der Waals surface area (Å²) in [7, 11) is 0. The van der Waals surface area contributed by atoms with E-state index < -0.39 is 0 Å². The quantitative estimate of drug-likeness (QED) is 0.853. The van der Waals surface area contributed by atoms with E-state index in [1.54, 1.807) is 0 Å². The Bertz CT molecular complexity index is 462. The van der Waals surface area contributed by atoms with Crippen LogP contribution in [0.5, 0.6) is 0 Å². The molecule has 0 unspecified atom stereocenters. The van der Waals surface area contributed by atoms with Crippen LogP contribution in [0.1, 0.15) is 37.8 Å². The molecular formula is C17H26NO2+. The van der Waals surface area contributed by atoms with Crippen LogP contribution >= 0.6 is 0 Å². The lowest BCUT2D eigenvalue weighted by Crippen LogP contribution is -2.86. The van der Waals surface area contributed by atoms with E-state index in [-0.39, 0.29) is 11.6 Å². The summed E-state index contributed by atoms with van der Waals surface area (Å²) in [5, 5.41) is 2.33. The van der Waals surface area contributed by atoms with Crippen LogP contribution in [0, 0.1) is 12.8 Å². The Morgan fingerprint density at radius 3 is 2.70 bits per heavy atom. The molecule has 20 heavy (non-hydrogen) atoms. The average Bonchev–Trinajstić information content (AvgIpc) is 2.39. The van der Waals surface area contributed by atoms with Gasteiger partial charge in [0.1, 0.15) is 5.60 Å². The normalized spacial score (nSPS) is 16.9. The van der Waals surface area contributed by atoms with Gasteiger partial charge in [0.05, 0.1) is 19.5 Å². The molecule has 110 valence electrons. The molecule has 0 spiro atoms. The molecule has 1 aliphatic heterocycles. The molecule has 0 aliphatic carbocycles. The maximum Gasteiger partial charge on any atom is 0.310 e. The van der Waals surface area contributed by atoms with Gasteiger partial charge in [-0.05, 0) is 26.3 Å². The molecule has 0 bridgehead atoms. The lowest BCUT2D eigenvalue weighted by molar-refractivity contribution is -0.665. The minimum Gasteiger partial charge on any atom is -0.459 e. The van der Waals surface area contributed by atoms with Crippen molar-refractivity contribution in [2.24, 2.45) is 5.92 Å². The van der Waals surface area contributed by atoms with Crippen molar-refractivity contribution in [3.05, 3.63) is 35.4 Å². The Balaban J connectivity index is 1.92. The van der Waals surface area contributed by atoms with Gasteiger partial charge in [-0.15, -0.1) is 0 Å². The lowest BCUT2D eigenvalue weighted by atomic mass is 9.83. The molecule has 1 aromatic carbocycles. The number of ether oxygens (including phenoxy) is 1. The van der Waals surface area contributed by atoms with Crippen LogP contribution in [-0.2, 0) is 16.0 Å². The smallest absolute Gasteiger partial charge is 0.310 e. The number of hydrogen-bond donors (Lipinski definition) is 1. The summed E-state index contributed by atoms with van der Waals surface area (Å²) in [6.45, 7) is 8.43. The molecule has 1 aromatic rings. The summed E-state index contributed by atoms with van der Waals surface area (Å²) in [4.78, 5) is 12.2. The highest BCUT2D eigenvalue weighted by Gasteiger charge is 2.35. The highest BCUT2D eigenvalue weighted by Crippen LogP contribution is 2.28. The van der Waals surface area contributed by atoms with Crippen molar-refractivity contribution >= 4 is 5.97 Å². The number of carbonyl (C=O) groups excluding carboxylic acids is 1. The molecule has 0 atom stereocenters. The number of esters is 1. The molecule has 0 aromatic heterocycles. The second-order valence-electron chi connectivity index (χ2n) is 6.38. The van der Waals surface area contributed by atoms with E-state index in [2.05, 4.69) is 19.2 Å². The maximum absolute atomic E-state index is 12.2. The minimum atomic E-state index is -0.352. The van der Waals surface area contributed by atoms with Crippen molar-refractivity contribution in [3.8, 4) is 0 Å². The predicted octanol–water partition coefficient (Wildman–Crippen LogP) is 1.83. The molecule has 1 saturated heterocycles. The third-order valence-corrected chi connectivity index (χ3v) is 4.23. The molecule has 2 N–H and O–H groups in total. The van der Waals surface area contributed by atoms with Gasteiger partial charge in [-0.25, -0.2) is 0 Å². The number of quaternary nitrogens is 1. The van der Waals surface area contributed by atoms with Gasteiger partial charge in [-0.3, -0.25) is 4.79 Å². The molecule has 3 heteroatoms. The van der Waals surface area contributed by atoms with Gasteiger partial charge >= 0.3 is 5.97 Å². The standard InChI is InChI=1S/C17H25NO2/c1-13-5-4-6-14(11-13)12-16(19)20-17(2,3)15-7-9-18-10-8-15/h4-6,11,15,18H,7-10,12H2,1-3H3/p+1. The Hall–Kier alpha value is -1.35. The first-order chi connectivity index (χ1) is 9.47. The van der Waals surface area contributed by atoms with E-state index in [4.69, 9.17) is 4.74 Å².